The van der Waals surface area contributed by atoms with Gasteiger partial charge in [0.1, 0.15) is 11.6 Å². The van der Waals surface area contributed by atoms with Gasteiger partial charge < -0.3 is 15.5 Å². The lowest BCUT2D eigenvalue weighted by Gasteiger charge is -2.43. The summed E-state index contributed by atoms with van der Waals surface area (Å²) >= 11 is 0. The van der Waals surface area contributed by atoms with Crippen LogP contribution in [0.2, 0.25) is 0 Å². The summed E-state index contributed by atoms with van der Waals surface area (Å²) in [4.78, 5) is 28.6. The van der Waals surface area contributed by atoms with Crippen LogP contribution >= 0.6 is 0 Å². The quantitative estimate of drug-likeness (QED) is 0.0805. The van der Waals surface area contributed by atoms with Gasteiger partial charge in [0.05, 0.1) is 43.4 Å². The van der Waals surface area contributed by atoms with Crippen LogP contribution in [0.5, 0.6) is 0 Å². The SMILES string of the molecule is CC(C)c1cnn2c(NCc3ccccc3-n3cccn3)nc(CN(C)CCCN3CCCCC3)nc12.CC(C)c1cnn2c(NCc3ccccc3-n3cccn3)nc(CN3CC(N4CCC(F)(F)C4)C3)nc12. The lowest BCUT2D eigenvalue weighted by molar-refractivity contribution is -0.0140. The van der Waals surface area contributed by atoms with Crippen molar-refractivity contribution in [1.29, 1.82) is 0 Å². The Labute approximate surface area is 431 Å². The fourth-order valence-electron chi connectivity index (χ4n) is 10.2. The van der Waals surface area contributed by atoms with Crippen molar-refractivity contribution in [3.63, 3.8) is 0 Å². The van der Waals surface area contributed by atoms with Crippen molar-refractivity contribution >= 4 is 23.2 Å². The second-order valence-electron chi connectivity index (χ2n) is 20.7. The lowest BCUT2D eigenvalue weighted by atomic mass is 10.1. The first-order valence-corrected chi connectivity index (χ1v) is 26.3. The fourth-order valence-corrected chi connectivity index (χ4v) is 10.2. The van der Waals surface area contributed by atoms with Gasteiger partial charge in [-0.1, -0.05) is 70.5 Å². The Hall–Kier alpha value is -6.74. The molecule has 3 fully saturated rings. The molecule has 6 aromatic heterocycles. The van der Waals surface area contributed by atoms with Crippen LogP contribution in [0.15, 0.2) is 97.8 Å². The van der Waals surface area contributed by atoms with Crippen molar-refractivity contribution in [3.05, 3.63) is 132 Å². The Morgan fingerprint density at radius 2 is 1.22 bits per heavy atom. The van der Waals surface area contributed by atoms with Gasteiger partial charge >= 0.3 is 0 Å². The Kier molecular flexibility index (Phi) is 15.6. The molecule has 20 heteroatoms. The minimum absolute atomic E-state index is 0.0406. The zero-order valence-corrected chi connectivity index (χ0v) is 43.4. The number of nitrogens with one attached hydrogen (secondary N) is 2. The summed E-state index contributed by atoms with van der Waals surface area (Å²) in [6, 6.07) is 20.4. The number of likely N-dealkylation sites (tertiary alicyclic amines) is 3. The predicted octanol–water partition coefficient (Wildman–Crippen LogP) is 7.92. The molecule has 0 aliphatic carbocycles. The summed E-state index contributed by atoms with van der Waals surface area (Å²) in [6.45, 7) is 17.6. The molecule has 0 amide bonds. The van der Waals surface area contributed by atoms with Crippen molar-refractivity contribution in [2.75, 3.05) is 70.0 Å². The molecule has 390 valence electrons. The van der Waals surface area contributed by atoms with E-state index in [-0.39, 0.29) is 24.9 Å². The molecule has 0 saturated carbocycles. The molecule has 0 spiro atoms. The van der Waals surface area contributed by atoms with Gasteiger partial charge in [0.15, 0.2) is 11.3 Å². The highest BCUT2D eigenvalue weighted by Gasteiger charge is 2.44. The number of anilines is 2. The van der Waals surface area contributed by atoms with E-state index in [1.54, 1.807) is 16.9 Å². The molecule has 0 atom stereocenters. The number of alkyl halides is 2. The first kappa shape index (κ1) is 50.8. The highest BCUT2D eigenvalue weighted by molar-refractivity contribution is 5.54. The smallest absolute Gasteiger partial charge is 0.261 e. The number of hydrogen-bond donors (Lipinski definition) is 2. The van der Waals surface area contributed by atoms with E-state index in [0.29, 0.717) is 56.4 Å². The van der Waals surface area contributed by atoms with Crippen LogP contribution in [0.25, 0.3) is 22.7 Å². The molecular weight excluding hydrogens is 939 g/mol. The second-order valence-corrected chi connectivity index (χ2v) is 20.7. The van der Waals surface area contributed by atoms with Crippen LogP contribution in [-0.4, -0.2) is 150 Å². The fraction of sp³-hybridized carbons (Fsp3) is 0.481. The molecule has 0 radical (unpaired) electrons. The summed E-state index contributed by atoms with van der Waals surface area (Å²) in [5.41, 5.74) is 8.11. The summed E-state index contributed by atoms with van der Waals surface area (Å²) < 4.78 is 34.6. The molecule has 74 heavy (non-hydrogen) atoms. The van der Waals surface area contributed by atoms with E-state index in [4.69, 9.17) is 19.9 Å². The summed E-state index contributed by atoms with van der Waals surface area (Å²) in [5, 5.41) is 25.0. The normalized spacial score (nSPS) is 16.7. The number of rotatable bonds is 19. The van der Waals surface area contributed by atoms with Crippen LogP contribution < -0.4 is 10.6 Å². The second kappa shape index (κ2) is 22.8. The van der Waals surface area contributed by atoms with E-state index < -0.39 is 5.92 Å². The van der Waals surface area contributed by atoms with E-state index >= 15 is 0 Å². The zero-order chi connectivity index (χ0) is 51.2. The molecule has 11 rings (SSSR count). The number of benzene rings is 2. The Balaban J connectivity index is 0.000000169. The highest BCUT2D eigenvalue weighted by atomic mass is 19.3. The number of hydrogen-bond acceptors (Lipinski definition) is 14. The number of aromatic nitrogens is 12. The standard InChI is InChI=1S/C28H39N9.C26H31F2N9/c1-22(2)24-20-31-37-27(24)32-26(21-34(3)14-10-17-35-15-7-4-8-16-35)33-28(37)29-19-23-11-5-6-12-25(23)36-18-9-13-30-36;1-18(2)21-13-31-37-24(21)32-23(16-34-14-20(15-34)35-11-8-26(27,28)17-35)33-25(37)29-12-19-6-3-4-7-22(19)36-10-5-9-30-36/h5-6,9,11-13,18,20,22H,4,7-8,10,14-17,19,21H2,1-3H3,(H,29,32,33);3-7,9-10,13,18,20H,8,11-12,14-17H2,1-2H3,(H,29,32,33). The van der Waals surface area contributed by atoms with Crippen LogP contribution in [-0.2, 0) is 26.2 Å². The Morgan fingerprint density at radius 3 is 1.74 bits per heavy atom. The Bertz CT molecular complexity index is 3060. The van der Waals surface area contributed by atoms with Gasteiger partial charge in [-0.3, -0.25) is 14.7 Å². The molecule has 0 bridgehead atoms. The van der Waals surface area contributed by atoms with Gasteiger partial charge in [0.25, 0.3) is 5.92 Å². The average Bonchev–Trinajstić information content (AvgIpc) is 4.26. The van der Waals surface area contributed by atoms with Gasteiger partial charge in [-0.15, -0.1) is 0 Å². The monoisotopic (exact) mass is 1010 g/mol. The number of piperidine rings is 1. The minimum Gasteiger partial charge on any atom is -0.350 e. The lowest BCUT2D eigenvalue weighted by Crippen LogP contribution is -2.58. The van der Waals surface area contributed by atoms with Crippen molar-refractivity contribution in [2.24, 2.45) is 0 Å². The molecule has 2 aromatic carbocycles. The molecule has 8 aromatic rings. The third kappa shape index (κ3) is 11.9. The van der Waals surface area contributed by atoms with Crippen LogP contribution in [0, 0.1) is 0 Å². The van der Waals surface area contributed by atoms with E-state index in [1.807, 2.05) is 80.0 Å². The van der Waals surface area contributed by atoms with E-state index in [1.165, 1.54) is 38.9 Å². The third-order valence-corrected chi connectivity index (χ3v) is 14.4. The number of fused-ring (bicyclic) bond motifs is 2. The summed E-state index contributed by atoms with van der Waals surface area (Å²) in [7, 11) is 2.16. The van der Waals surface area contributed by atoms with Crippen molar-refractivity contribution in [2.45, 2.75) is 110 Å². The average molecular weight is 1010 g/mol. The van der Waals surface area contributed by atoms with Crippen LogP contribution in [0.3, 0.4) is 0 Å². The first-order valence-electron chi connectivity index (χ1n) is 26.3. The summed E-state index contributed by atoms with van der Waals surface area (Å²) in [6.07, 6.45) is 16.4. The number of nitrogens with zero attached hydrogens (tertiary/aromatic N) is 16. The summed E-state index contributed by atoms with van der Waals surface area (Å²) in [5.74, 6) is 0.888. The predicted molar refractivity (Wildman–Crippen MR) is 283 cm³/mol. The minimum atomic E-state index is -2.56. The molecule has 3 aliphatic heterocycles. The van der Waals surface area contributed by atoms with E-state index in [2.05, 4.69) is 105 Å². The topological polar surface area (TPSA) is 159 Å². The largest absolute Gasteiger partial charge is 0.350 e. The van der Waals surface area contributed by atoms with Crippen molar-refractivity contribution in [3.8, 4) is 11.4 Å². The maximum atomic E-state index is 13.6. The zero-order valence-electron chi connectivity index (χ0n) is 43.4. The van der Waals surface area contributed by atoms with Crippen molar-refractivity contribution in [1.82, 2.24) is 78.3 Å². The molecule has 3 saturated heterocycles. The van der Waals surface area contributed by atoms with Crippen LogP contribution in [0.4, 0.5) is 20.7 Å². The molecule has 3 aliphatic rings. The highest BCUT2D eigenvalue weighted by Crippen LogP contribution is 2.31. The molecule has 2 N–H and O–H groups in total. The van der Waals surface area contributed by atoms with Gasteiger partial charge in [-0.05, 0) is 99.7 Å². The van der Waals surface area contributed by atoms with Gasteiger partial charge in [0, 0.05) is 81.1 Å². The van der Waals surface area contributed by atoms with Crippen LogP contribution in [0.1, 0.15) is 106 Å². The van der Waals surface area contributed by atoms with Gasteiger partial charge in [0.2, 0.25) is 11.9 Å². The van der Waals surface area contributed by atoms with Gasteiger partial charge in [-0.2, -0.15) is 39.4 Å². The molecule has 0 unspecified atom stereocenters. The number of halogens is 2. The first-order chi connectivity index (χ1) is 35.9. The maximum absolute atomic E-state index is 13.6. The van der Waals surface area contributed by atoms with Gasteiger partial charge in [-0.25, -0.2) is 28.1 Å². The van der Waals surface area contributed by atoms with E-state index in [9.17, 15) is 8.78 Å². The third-order valence-electron chi connectivity index (χ3n) is 14.4. The maximum Gasteiger partial charge on any atom is 0.261 e. The number of para-hydroxylation sites is 2. The molecule has 9 heterocycles. The molecule has 18 nitrogen and oxygen atoms in total. The molecular formula is C54H70F2N18. The Morgan fingerprint density at radius 1 is 0.662 bits per heavy atom. The van der Waals surface area contributed by atoms with Crippen molar-refractivity contribution < 1.29 is 8.78 Å². The van der Waals surface area contributed by atoms with E-state index in [0.717, 1.165) is 76.8 Å².